The van der Waals surface area contributed by atoms with Crippen LogP contribution in [-0.2, 0) is 9.30 Å². The number of anilines is 1. The van der Waals surface area contributed by atoms with Crippen LogP contribution in [0, 0.1) is 0 Å². The van der Waals surface area contributed by atoms with E-state index in [1.807, 2.05) is 0 Å². The molecule has 0 radical (unpaired) electrons. The van der Waals surface area contributed by atoms with Gasteiger partial charge in [-0.3, -0.25) is 4.57 Å². The number of hydrogen-bond acceptors (Lipinski definition) is 8. The van der Waals surface area contributed by atoms with Gasteiger partial charge in [-0.25, -0.2) is 4.79 Å². The van der Waals surface area contributed by atoms with Crippen molar-refractivity contribution < 1.29 is 49.0 Å². The van der Waals surface area contributed by atoms with Crippen molar-refractivity contribution in [3.05, 3.63) is 18.2 Å². The number of aliphatic hydroxyl groups excluding tert-OH is 3. The van der Waals surface area contributed by atoms with Crippen LogP contribution in [0.25, 0.3) is 0 Å². The number of ether oxygens (including phenoxy) is 2. The Bertz CT molecular complexity index is 786. The van der Waals surface area contributed by atoms with Crippen LogP contribution in [0.3, 0.4) is 0 Å². The lowest BCUT2D eigenvalue weighted by Gasteiger charge is -2.40. The number of nitrogens with one attached hydrogen (secondary N) is 2. The summed E-state index contributed by atoms with van der Waals surface area (Å²) in [7, 11) is -4.37. The molecule has 0 spiro atoms. The predicted molar refractivity (Wildman–Crippen MR) is 104 cm³/mol. The highest BCUT2D eigenvalue weighted by Gasteiger charge is 2.45. The topological polar surface area (TPSA) is 198 Å². The zero-order valence-corrected chi connectivity index (χ0v) is 17.3. The molecule has 1 aliphatic heterocycles. The minimum Gasteiger partial charge on any atom is -0.504 e. The van der Waals surface area contributed by atoms with E-state index in [4.69, 9.17) is 19.3 Å². The van der Waals surface area contributed by atoms with Crippen LogP contribution in [0.15, 0.2) is 18.2 Å². The Labute approximate surface area is 172 Å². The number of aliphatic hydroxyl groups is 3. The SMILES string of the molecule is CC(C)NC(=O)Nc1ccc(O[C@H]2O[C@H](CCP(=O)(O)O)[C@@H](O)[C@H](O)[C@@H]2O)c(O)c1. The van der Waals surface area contributed by atoms with E-state index < -0.39 is 56.2 Å². The Kier molecular flexibility index (Phi) is 8.06. The number of rotatable bonds is 7. The van der Waals surface area contributed by atoms with Gasteiger partial charge in [0.15, 0.2) is 11.5 Å². The lowest BCUT2D eigenvalue weighted by Crippen LogP contribution is -2.59. The van der Waals surface area contributed by atoms with E-state index in [0.29, 0.717) is 0 Å². The molecule has 1 aromatic rings. The largest absolute Gasteiger partial charge is 0.504 e. The highest BCUT2D eigenvalue weighted by molar-refractivity contribution is 7.51. The van der Waals surface area contributed by atoms with Crippen LogP contribution in [-0.4, -0.2) is 79.2 Å². The first-order valence-corrected chi connectivity index (χ1v) is 11.0. The molecule has 2 amide bonds. The lowest BCUT2D eigenvalue weighted by molar-refractivity contribution is -0.272. The molecule has 1 saturated heterocycles. The first-order valence-electron chi connectivity index (χ1n) is 9.19. The molecule has 0 saturated carbocycles. The second-order valence-corrected chi connectivity index (χ2v) is 9.02. The van der Waals surface area contributed by atoms with E-state index in [1.165, 1.54) is 18.2 Å². The average Bonchev–Trinajstić information content (AvgIpc) is 2.61. The van der Waals surface area contributed by atoms with Crippen molar-refractivity contribution in [2.45, 2.75) is 57.0 Å². The van der Waals surface area contributed by atoms with Gasteiger partial charge in [0, 0.05) is 17.8 Å². The number of hydrogen-bond donors (Lipinski definition) is 8. The fraction of sp³-hybridized carbons (Fsp3) is 0.588. The third-order valence-corrected chi connectivity index (χ3v) is 5.09. The maximum atomic E-state index is 11.7. The summed E-state index contributed by atoms with van der Waals surface area (Å²) >= 11 is 0. The van der Waals surface area contributed by atoms with Gasteiger partial charge >= 0.3 is 13.6 Å². The van der Waals surface area contributed by atoms with Crippen molar-refractivity contribution in [1.29, 1.82) is 0 Å². The number of amides is 2. The van der Waals surface area contributed by atoms with Gasteiger partial charge in [-0.2, -0.15) is 0 Å². The number of benzene rings is 1. The molecule has 1 aromatic carbocycles. The molecule has 0 unspecified atom stereocenters. The number of urea groups is 1. The third kappa shape index (κ3) is 6.81. The molecular formula is C17H27N2O10P. The number of phenols is 1. The van der Waals surface area contributed by atoms with E-state index in [1.54, 1.807) is 13.8 Å². The first-order chi connectivity index (χ1) is 13.9. The van der Waals surface area contributed by atoms with E-state index in [9.17, 15) is 29.8 Å². The van der Waals surface area contributed by atoms with Crippen molar-refractivity contribution in [3.8, 4) is 11.5 Å². The molecule has 12 nitrogen and oxygen atoms in total. The van der Waals surface area contributed by atoms with Gasteiger partial charge in [-0.05, 0) is 32.4 Å². The van der Waals surface area contributed by atoms with Crippen molar-refractivity contribution in [1.82, 2.24) is 5.32 Å². The van der Waals surface area contributed by atoms with E-state index in [-0.39, 0.29) is 23.9 Å². The molecular weight excluding hydrogens is 423 g/mol. The Morgan fingerprint density at radius 1 is 1.20 bits per heavy atom. The van der Waals surface area contributed by atoms with Crippen molar-refractivity contribution in [3.63, 3.8) is 0 Å². The Morgan fingerprint density at radius 3 is 2.43 bits per heavy atom. The highest BCUT2D eigenvalue weighted by Crippen LogP contribution is 2.38. The van der Waals surface area contributed by atoms with Crippen molar-refractivity contribution >= 4 is 19.3 Å². The standard InChI is InChI=1S/C17H27N2O10P/c1-8(2)18-17(24)19-9-3-4-11(10(20)7-9)28-16-15(23)14(22)13(21)12(29-16)5-6-30(25,26)27/h3-4,7-8,12-16,20-23H,5-6H2,1-2H3,(H2,18,19,24)(H2,25,26,27)/t12-,13-,14+,15+,16+/m1/s1. The molecule has 30 heavy (non-hydrogen) atoms. The van der Waals surface area contributed by atoms with Gasteiger partial charge in [0.05, 0.1) is 12.3 Å². The summed E-state index contributed by atoms with van der Waals surface area (Å²) in [5, 5.41) is 45.4. The van der Waals surface area contributed by atoms with Crippen LogP contribution < -0.4 is 15.4 Å². The lowest BCUT2D eigenvalue weighted by atomic mass is 9.97. The summed E-state index contributed by atoms with van der Waals surface area (Å²) in [5.41, 5.74) is 0.262. The minimum absolute atomic E-state index is 0.0913. The van der Waals surface area contributed by atoms with Crippen LogP contribution in [0.4, 0.5) is 10.5 Å². The maximum Gasteiger partial charge on any atom is 0.325 e. The number of phenolic OH excluding ortho intramolecular Hbond substituents is 1. The Balaban J connectivity index is 2.07. The molecule has 13 heteroatoms. The summed E-state index contributed by atoms with van der Waals surface area (Å²) in [6, 6.07) is 3.33. The molecule has 0 aromatic heterocycles. The van der Waals surface area contributed by atoms with E-state index in [0.717, 1.165) is 0 Å². The zero-order chi connectivity index (χ0) is 22.6. The summed E-state index contributed by atoms with van der Waals surface area (Å²) < 4.78 is 21.8. The molecule has 2 rings (SSSR count). The van der Waals surface area contributed by atoms with Gasteiger partial charge in [0.2, 0.25) is 6.29 Å². The van der Waals surface area contributed by atoms with Gasteiger partial charge in [0.1, 0.15) is 18.3 Å². The van der Waals surface area contributed by atoms with Gasteiger partial charge in [0.25, 0.3) is 0 Å². The molecule has 1 aliphatic rings. The van der Waals surface area contributed by atoms with Crippen LogP contribution in [0.2, 0.25) is 0 Å². The van der Waals surface area contributed by atoms with Gasteiger partial charge in [-0.15, -0.1) is 0 Å². The molecule has 8 N–H and O–H groups in total. The quantitative estimate of drug-likeness (QED) is 0.255. The second-order valence-electron chi connectivity index (χ2n) is 7.25. The molecule has 170 valence electrons. The smallest absolute Gasteiger partial charge is 0.325 e. The maximum absolute atomic E-state index is 11.7. The summed E-state index contributed by atoms with van der Waals surface area (Å²) in [6.45, 7) is 3.56. The van der Waals surface area contributed by atoms with E-state index in [2.05, 4.69) is 10.6 Å². The number of aromatic hydroxyl groups is 1. The highest BCUT2D eigenvalue weighted by atomic mass is 31.2. The summed E-state index contributed by atoms with van der Waals surface area (Å²) in [4.78, 5) is 29.7. The second kappa shape index (κ2) is 9.92. The molecule has 0 aliphatic carbocycles. The van der Waals surface area contributed by atoms with Crippen molar-refractivity contribution in [2.24, 2.45) is 0 Å². The normalized spacial score (nSPS) is 27.0. The zero-order valence-electron chi connectivity index (χ0n) is 16.4. The van der Waals surface area contributed by atoms with Crippen LogP contribution in [0.5, 0.6) is 11.5 Å². The van der Waals surface area contributed by atoms with Crippen LogP contribution in [0.1, 0.15) is 20.3 Å². The van der Waals surface area contributed by atoms with Crippen molar-refractivity contribution in [2.75, 3.05) is 11.5 Å². The minimum atomic E-state index is -4.37. The van der Waals surface area contributed by atoms with Gasteiger partial charge < -0.3 is 50.3 Å². The average molecular weight is 450 g/mol. The summed E-state index contributed by atoms with van der Waals surface area (Å²) in [6.07, 6.45) is -8.63. The van der Waals surface area contributed by atoms with E-state index >= 15 is 0 Å². The Morgan fingerprint density at radius 2 is 1.87 bits per heavy atom. The first kappa shape index (κ1) is 24.4. The molecule has 1 fully saturated rings. The van der Waals surface area contributed by atoms with Crippen LogP contribution >= 0.6 is 7.60 Å². The Hall–Kier alpha value is -1.92. The number of carbonyl (C=O) groups excluding carboxylic acids is 1. The monoisotopic (exact) mass is 450 g/mol. The van der Waals surface area contributed by atoms with Gasteiger partial charge in [-0.1, -0.05) is 0 Å². The molecule has 0 bridgehead atoms. The fourth-order valence-corrected chi connectivity index (χ4v) is 3.39. The molecule has 1 heterocycles. The predicted octanol–water partition coefficient (Wildman–Crippen LogP) is -0.324. The molecule has 5 atom stereocenters. The third-order valence-electron chi connectivity index (χ3n) is 4.25. The summed E-state index contributed by atoms with van der Waals surface area (Å²) in [5.74, 6) is -0.549. The number of carbonyl (C=O) groups is 1. The fourth-order valence-electron chi connectivity index (χ4n) is 2.80.